The maximum absolute atomic E-state index is 8.78. The highest BCUT2D eigenvalue weighted by Gasteiger charge is 2.09. The first-order valence-electron chi connectivity index (χ1n) is 6.83. The molecule has 0 aliphatic rings. The topological polar surface area (TPSA) is 49.5 Å². The van der Waals surface area contributed by atoms with Crippen molar-refractivity contribution in [1.82, 2.24) is 4.90 Å². The number of aliphatic hydroxyl groups is 1. The number of hydrogen-bond acceptors (Lipinski definition) is 3. The Balaban J connectivity index is 2.47. The Morgan fingerprint density at radius 2 is 2.00 bits per heavy atom. The van der Waals surface area contributed by atoms with Gasteiger partial charge in [0.15, 0.2) is 0 Å². The van der Waals surface area contributed by atoms with Crippen molar-refractivity contribution in [3.05, 3.63) is 29.8 Å². The van der Waals surface area contributed by atoms with Crippen LogP contribution in [0.1, 0.15) is 38.7 Å². The van der Waals surface area contributed by atoms with Gasteiger partial charge in [0.2, 0.25) is 0 Å². The minimum atomic E-state index is 0.302. The highest BCUT2D eigenvalue weighted by atomic mass is 16.2. The number of hydrogen-bond donors (Lipinski definition) is 2. The molecule has 3 N–H and O–H groups in total. The SMILES string of the molecule is CC(C)N(CCCCCO)Cc1cccc(N)c1. The Morgan fingerprint density at radius 1 is 1.22 bits per heavy atom. The molecule has 0 unspecified atom stereocenters. The molecule has 1 rings (SSSR count). The van der Waals surface area contributed by atoms with E-state index < -0.39 is 0 Å². The van der Waals surface area contributed by atoms with Crippen molar-refractivity contribution >= 4 is 5.69 Å². The molecule has 0 saturated heterocycles. The van der Waals surface area contributed by atoms with Gasteiger partial charge in [-0.3, -0.25) is 4.90 Å². The van der Waals surface area contributed by atoms with Gasteiger partial charge in [0.1, 0.15) is 0 Å². The van der Waals surface area contributed by atoms with Gasteiger partial charge in [-0.2, -0.15) is 0 Å². The second-order valence-corrected chi connectivity index (χ2v) is 5.09. The molecule has 0 spiro atoms. The molecule has 1 aromatic carbocycles. The molecule has 18 heavy (non-hydrogen) atoms. The van der Waals surface area contributed by atoms with Gasteiger partial charge in [0.05, 0.1) is 0 Å². The molecule has 0 fully saturated rings. The van der Waals surface area contributed by atoms with Crippen LogP contribution in [0.15, 0.2) is 24.3 Å². The van der Waals surface area contributed by atoms with Crippen LogP contribution in [0.3, 0.4) is 0 Å². The van der Waals surface area contributed by atoms with Crippen LogP contribution in [0.2, 0.25) is 0 Å². The van der Waals surface area contributed by atoms with Gasteiger partial charge in [-0.25, -0.2) is 0 Å². The lowest BCUT2D eigenvalue weighted by molar-refractivity contribution is 0.204. The molecular weight excluding hydrogens is 224 g/mol. The third kappa shape index (κ3) is 5.52. The van der Waals surface area contributed by atoms with E-state index in [0.29, 0.717) is 12.6 Å². The highest BCUT2D eigenvalue weighted by Crippen LogP contribution is 2.12. The largest absolute Gasteiger partial charge is 0.399 e. The normalized spacial score (nSPS) is 11.4. The number of rotatable bonds is 8. The Kier molecular flexibility index (Phi) is 6.76. The third-order valence-electron chi connectivity index (χ3n) is 3.17. The lowest BCUT2D eigenvalue weighted by Gasteiger charge is -2.26. The van der Waals surface area contributed by atoms with Crippen LogP contribution in [0, 0.1) is 0 Å². The van der Waals surface area contributed by atoms with E-state index in [4.69, 9.17) is 10.8 Å². The van der Waals surface area contributed by atoms with Gasteiger partial charge in [-0.1, -0.05) is 12.1 Å². The summed E-state index contributed by atoms with van der Waals surface area (Å²) in [5, 5.41) is 8.78. The molecule has 0 heterocycles. The van der Waals surface area contributed by atoms with E-state index >= 15 is 0 Å². The summed E-state index contributed by atoms with van der Waals surface area (Å²) in [4.78, 5) is 2.45. The van der Waals surface area contributed by atoms with Crippen LogP contribution in [0.5, 0.6) is 0 Å². The van der Waals surface area contributed by atoms with Crippen molar-refractivity contribution in [3.8, 4) is 0 Å². The number of unbranched alkanes of at least 4 members (excludes halogenated alkanes) is 2. The fourth-order valence-electron chi connectivity index (χ4n) is 2.05. The van der Waals surface area contributed by atoms with Gasteiger partial charge >= 0.3 is 0 Å². The van der Waals surface area contributed by atoms with E-state index in [-0.39, 0.29) is 0 Å². The smallest absolute Gasteiger partial charge is 0.0431 e. The Hall–Kier alpha value is -1.06. The van der Waals surface area contributed by atoms with Crippen LogP contribution in [-0.2, 0) is 6.54 Å². The number of nitrogen functional groups attached to an aromatic ring is 1. The van der Waals surface area contributed by atoms with E-state index in [1.807, 2.05) is 18.2 Å². The van der Waals surface area contributed by atoms with Crippen LogP contribution in [0.4, 0.5) is 5.69 Å². The van der Waals surface area contributed by atoms with Crippen molar-refractivity contribution in [2.45, 2.75) is 45.7 Å². The third-order valence-corrected chi connectivity index (χ3v) is 3.17. The second-order valence-electron chi connectivity index (χ2n) is 5.09. The fraction of sp³-hybridized carbons (Fsp3) is 0.600. The number of anilines is 1. The monoisotopic (exact) mass is 250 g/mol. The predicted octanol–water partition coefficient (Wildman–Crippen LogP) is 2.64. The Morgan fingerprint density at radius 3 is 2.61 bits per heavy atom. The summed E-state index contributed by atoms with van der Waals surface area (Å²) in [7, 11) is 0. The first-order chi connectivity index (χ1) is 8.63. The quantitative estimate of drug-likeness (QED) is 0.551. The minimum absolute atomic E-state index is 0.302. The molecule has 0 aliphatic heterocycles. The fourth-order valence-corrected chi connectivity index (χ4v) is 2.05. The average Bonchev–Trinajstić information content (AvgIpc) is 2.33. The molecule has 102 valence electrons. The average molecular weight is 250 g/mol. The lowest BCUT2D eigenvalue weighted by atomic mass is 10.1. The first-order valence-corrected chi connectivity index (χ1v) is 6.83. The zero-order chi connectivity index (χ0) is 13.4. The maximum atomic E-state index is 8.78. The number of aliphatic hydroxyl groups excluding tert-OH is 1. The van der Waals surface area contributed by atoms with Crippen molar-refractivity contribution in [2.75, 3.05) is 18.9 Å². The minimum Gasteiger partial charge on any atom is -0.399 e. The molecule has 3 heteroatoms. The summed E-state index contributed by atoms with van der Waals surface area (Å²) >= 11 is 0. The van der Waals surface area contributed by atoms with Crippen LogP contribution in [-0.4, -0.2) is 29.2 Å². The van der Waals surface area contributed by atoms with Gasteiger partial charge in [0.25, 0.3) is 0 Å². The molecule has 0 aliphatic carbocycles. The van der Waals surface area contributed by atoms with E-state index in [2.05, 4.69) is 24.8 Å². The van der Waals surface area contributed by atoms with Crippen LogP contribution < -0.4 is 5.73 Å². The van der Waals surface area contributed by atoms with Gasteiger partial charge < -0.3 is 10.8 Å². The molecule has 0 saturated carbocycles. The van der Waals surface area contributed by atoms with Crippen molar-refractivity contribution < 1.29 is 5.11 Å². The first kappa shape index (κ1) is 15.0. The Bertz CT molecular complexity index is 339. The molecule has 0 amide bonds. The van der Waals surface area contributed by atoms with Crippen LogP contribution in [0.25, 0.3) is 0 Å². The summed E-state index contributed by atoms with van der Waals surface area (Å²) in [5.74, 6) is 0. The molecule has 0 atom stereocenters. The number of benzene rings is 1. The van der Waals surface area contributed by atoms with Crippen molar-refractivity contribution in [2.24, 2.45) is 0 Å². The van der Waals surface area contributed by atoms with E-state index in [9.17, 15) is 0 Å². The van der Waals surface area contributed by atoms with Crippen molar-refractivity contribution in [3.63, 3.8) is 0 Å². The van der Waals surface area contributed by atoms with Crippen LogP contribution >= 0.6 is 0 Å². The zero-order valence-corrected chi connectivity index (χ0v) is 11.6. The summed E-state index contributed by atoms with van der Waals surface area (Å²) in [5.41, 5.74) is 7.90. The molecule has 0 aromatic heterocycles. The van der Waals surface area contributed by atoms with Gasteiger partial charge in [0, 0.05) is 24.9 Å². The molecule has 1 aromatic rings. The number of nitrogens with zero attached hydrogens (tertiary/aromatic N) is 1. The standard InChI is InChI=1S/C15H26N2O/c1-13(2)17(9-4-3-5-10-18)12-14-7-6-8-15(16)11-14/h6-8,11,13,18H,3-5,9-10,12,16H2,1-2H3. The van der Waals surface area contributed by atoms with Gasteiger partial charge in [-0.15, -0.1) is 0 Å². The Labute approximate surface area is 111 Å². The van der Waals surface area contributed by atoms with E-state index in [1.165, 1.54) is 5.56 Å². The zero-order valence-electron chi connectivity index (χ0n) is 11.6. The maximum Gasteiger partial charge on any atom is 0.0431 e. The van der Waals surface area contributed by atoms with Gasteiger partial charge in [-0.05, 0) is 57.4 Å². The molecular formula is C15H26N2O. The number of nitrogens with two attached hydrogens (primary N) is 1. The highest BCUT2D eigenvalue weighted by molar-refractivity contribution is 5.40. The summed E-state index contributed by atoms with van der Waals surface area (Å²) in [6, 6.07) is 8.63. The summed E-state index contributed by atoms with van der Waals surface area (Å²) < 4.78 is 0. The summed E-state index contributed by atoms with van der Waals surface area (Å²) in [6.45, 7) is 6.77. The van der Waals surface area contributed by atoms with Crippen molar-refractivity contribution in [1.29, 1.82) is 0 Å². The molecule has 0 radical (unpaired) electrons. The lowest BCUT2D eigenvalue weighted by Crippen LogP contribution is -2.31. The molecule has 0 bridgehead atoms. The summed E-state index contributed by atoms with van der Waals surface area (Å²) in [6.07, 6.45) is 3.14. The predicted molar refractivity (Wildman–Crippen MR) is 77.3 cm³/mol. The second kappa shape index (κ2) is 8.11. The van der Waals surface area contributed by atoms with E-state index in [0.717, 1.165) is 38.0 Å². The van der Waals surface area contributed by atoms with E-state index in [1.54, 1.807) is 0 Å². The molecule has 3 nitrogen and oxygen atoms in total.